The van der Waals surface area contributed by atoms with Crippen LogP contribution in [0.4, 0.5) is 0 Å². The zero-order valence-corrected chi connectivity index (χ0v) is 8.28. The largest absolute Gasteiger partial charge is 0.464 e. The first kappa shape index (κ1) is 9.84. The summed E-state index contributed by atoms with van der Waals surface area (Å²) in [5.41, 5.74) is 0.621. The fourth-order valence-electron chi connectivity index (χ4n) is 1.26. The van der Waals surface area contributed by atoms with Crippen LogP contribution >= 0.6 is 0 Å². The molecule has 0 N–H and O–H groups in total. The van der Waals surface area contributed by atoms with Gasteiger partial charge in [0.15, 0.2) is 0 Å². The van der Waals surface area contributed by atoms with Gasteiger partial charge in [-0.25, -0.2) is 4.79 Å². The van der Waals surface area contributed by atoms with E-state index in [1.165, 1.54) is 7.11 Å². The molecule has 0 aromatic carbocycles. The molecule has 1 aromatic rings. The van der Waals surface area contributed by atoms with Crippen LogP contribution in [0.2, 0.25) is 0 Å². The van der Waals surface area contributed by atoms with E-state index in [2.05, 4.69) is 18.6 Å². The summed E-state index contributed by atoms with van der Waals surface area (Å²) in [6.45, 7) is 5.07. The van der Waals surface area contributed by atoms with Crippen molar-refractivity contribution in [2.24, 2.45) is 5.92 Å². The Kier molecular flexibility index (Phi) is 3.12. The Hall–Kier alpha value is -1.25. The zero-order chi connectivity index (χ0) is 9.84. The molecule has 0 amide bonds. The van der Waals surface area contributed by atoms with Crippen LogP contribution in [-0.4, -0.2) is 17.6 Å². The van der Waals surface area contributed by atoms with E-state index >= 15 is 0 Å². The van der Waals surface area contributed by atoms with Gasteiger partial charge in [-0.3, -0.25) is 0 Å². The van der Waals surface area contributed by atoms with Crippen LogP contribution in [0.25, 0.3) is 0 Å². The first-order valence-corrected chi connectivity index (χ1v) is 4.38. The van der Waals surface area contributed by atoms with Crippen molar-refractivity contribution in [2.45, 2.75) is 20.4 Å². The van der Waals surface area contributed by atoms with Gasteiger partial charge in [0, 0.05) is 12.7 Å². The van der Waals surface area contributed by atoms with Gasteiger partial charge in [-0.1, -0.05) is 13.8 Å². The minimum atomic E-state index is -0.273. The Bertz CT molecular complexity index is 289. The molecule has 0 spiro atoms. The molecule has 0 saturated heterocycles. The molecule has 13 heavy (non-hydrogen) atoms. The van der Waals surface area contributed by atoms with E-state index in [9.17, 15) is 4.79 Å². The highest BCUT2D eigenvalue weighted by molar-refractivity contribution is 5.87. The fourth-order valence-corrected chi connectivity index (χ4v) is 1.26. The Labute approximate surface area is 78.3 Å². The average Bonchev–Trinajstić information content (AvgIpc) is 2.50. The van der Waals surface area contributed by atoms with Crippen LogP contribution in [-0.2, 0) is 11.3 Å². The van der Waals surface area contributed by atoms with Crippen LogP contribution in [0.5, 0.6) is 0 Å². The van der Waals surface area contributed by atoms with Crippen LogP contribution < -0.4 is 0 Å². The number of ether oxygens (including phenoxy) is 1. The molecule has 0 aliphatic rings. The van der Waals surface area contributed by atoms with E-state index in [1.807, 2.05) is 16.8 Å². The van der Waals surface area contributed by atoms with Crippen molar-refractivity contribution in [3.8, 4) is 0 Å². The molecule has 1 heterocycles. The van der Waals surface area contributed by atoms with E-state index in [0.717, 1.165) is 6.54 Å². The van der Waals surface area contributed by atoms with Gasteiger partial charge in [-0.2, -0.15) is 0 Å². The average molecular weight is 181 g/mol. The Balaban J connectivity index is 2.83. The van der Waals surface area contributed by atoms with E-state index in [1.54, 1.807) is 6.07 Å². The zero-order valence-electron chi connectivity index (χ0n) is 8.28. The minimum absolute atomic E-state index is 0.273. The number of hydrogen-bond acceptors (Lipinski definition) is 2. The smallest absolute Gasteiger partial charge is 0.354 e. The molecule has 0 aliphatic carbocycles. The number of rotatable bonds is 3. The van der Waals surface area contributed by atoms with Gasteiger partial charge in [0.1, 0.15) is 5.69 Å². The summed E-state index contributed by atoms with van der Waals surface area (Å²) in [7, 11) is 1.40. The van der Waals surface area contributed by atoms with Crippen molar-refractivity contribution in [3.05, 3.63) is 24.0 Å². The second-order valence-corrected chi connectivity index (χ2v) is 3.43. The molecule has 3 nitrogen and oxygen atoms in total. The van der Waals surface area contributed by atoms with Crippen LogP contribution in [0.3, 0.4) is 0 Å². The third-order valence-corrected chi connectivity index (χ3v) is 1.79. The maximum absolute atomic E-state index is 11.2. The Morgan fingerprint density at radius 1 is 1.62 bits per heavy atom. The van der Waals surface area contributed by atoms with Crippen LogP contribution in [0.15, 0.2) is 18.3 Å². The molecule has 1 aromatic heterocycles. The van der Waals surface area contributed by atoms with Gasteiger partial charge in [-0.15, -0.1) is 0 Å². The van der Waals surface area contributed by atoms with Gasteiger partial charge >= 0.3 is 5.97 Å². The minimum Gasteiger partial charge on any atom is -0.464 e. The SMILES string of the molecule is COC(=O)c1cccn1CC(C)C. The van der Waals surface area contributed by atoms with Gasteiger partial charge in [-0.05, 0) is 18.1 Å². The van der Waals surface area contributed by atoms with E-state index in [-0.39, 0.29) is 5.97 Å². The monoisotopic (exact) mass is 181 g/mol. The number of carbonyl (C=O) groups is 1. The summed E-state index contributed by atoms with van der Waals surface area (Å²) in [6, 6.07) is 3.63. The fraction of sp³-hybridized carbons (Fsp3) is 0.500. The topological polar surface area (TPSA) is 31.2 Å². The maximum Gasteiger partial charge on any atom is 0.354 e. The first-order valence-electron chi connectivity index (χ1n) is 4.38. The number of carbonyl (C=O) groups excluding carboxylic acids is 1. The lowest BCUT2D eigenvalue weighted by Crippen LogP contribution is -2.12. The first-order chi connectivity index (χ1) is 6.15. The third kappa shape index (κ3) is 2.34. The molecule has 0 atom stereocenters. The van der Waals surface area contributed by atoms with Crippen molar-refractivity contribution in [1.29, 1.82) is 0 Å². The number of esters is 1. The second kappa shape index (κ2) is 4.12. The number of methoxy groups -OCH3 is 1. The molecule has 72 valence electrons. The summed E-state index contributed by atoms with van der Waals surface area (Å²) in [4.78, 5) is 11.2. The van der Waals surface area contributed by atoms with Crippen LogP contribution in [0.1, 0.15) is 24.3 Å². The van der Waals surface area contributed by atoms with Crippen molar-refractivity contribution < 1.29 is 9.53 Å². The molecule has 1 rings (SSSR count). The molecule has 3 heteroatoms. The molecule has 0 aliphatic heterocycles. The molecule has 0 radical (unpaired) electrons. The van der Waals surface area contributed by atoms with E-state index < -0.39 is 0 Å². The normalized spacial score (nSPS) is 10.5. The summed E-state index contributed by atoms with van der Waals surface area (Å²) < 4.78 is 6.57. The molecule has 0 unspecified atom stereocenters. The molecule has 0 bridgehead atoms. The van der Waals surface area contributed by atoms with Crippen molar-refractivity contribution >= 4 is 5.97 Å². The summed E-state index contributed by atoms with van der Waals surface area (Å²) >= 11 is 0. The molecule has 0 saturated carbocycles. The number of nitrogens with zero attached hydrogens (tertiary/aromatic N) is 1. The summed E-state index contributed by atoms with van der Waals surface area (Å²) in [5.74, 6) is 0.251. The number of aromatic nitrogens is 1. The van der Waals surface area contributed by atoms with Crippen LogP contribution in [0, 0.1) is 5.92 Å². The maximum atomic E-state index is 11.2. The Morgan fingerprint density at radius 2 is 2.31 bits per heavy atom. The lowest BCUT2D eigenvalue weighted by molar-refractivity contribution is 0.0587. The standard InChI is InChI=1S/C10H15NO2/c1-8(2)7-11-6-4-5-9(11)10(12)13-3/h4-6,8H,7H2,1-3H3. The predicted octanol–water partition coefficient (Wildman–Crippen LogP) is 1.93. The number of hydrogen-bond donors (Lipinski definition) is 0. The predicted molar refractivity (Wildman–Crippen MR) is 50.6 cm³/mol. The molecular formula is C10H15NO2. The van der Waals surface area contributed by atoms with Crippen molar-refractivity contribution in [2.75, 3.05) is 7.11 Å². The second-order valence-electron chi connectivity index (χ2n) is 3.43. The molecular weight excluding hydrogens is 166 g/mol. The highest BCUT2D eigenvalue weighted by Gasteiger charge is 2.10. The quantitative estimate of drug-likeness (QED) is 0.667. The van der Waals surface area contributed by atoms with Gasteiger partial charge in [0.05, 0.1) is 7.11 Å². The van der Waals surface area contributed by atoms with Gasteiger partial charge in [0.25, 0.3) is 0 Å². The lowest BCUT2D eigenvalue weighted by atomic mass is 10.2. The van der Waals surface area contributed by atoms with Gasteiger partial charge < -0.3 is 9.30 Å². The lowest BCUT2D eigenvalue weighted by Gasteiger charge is -2.09. The molecule has 0 fully saturated rings. The highest BCUT2D eigenvalue weighted by Crippen LogP contribution is 2.07. The van der Waals surface area contributed by atoms with Crippen molar-refractivity contribution in [3.63, 3.8) is 0 Å². The van der Waals surface area contributed by atoms with E-state index in [4.69, 9.17) is 0 Å². The third-order valence-electron chi connectivity index (χ3n) is 1.79. The van der Waals surface area contributed by atoms with E-state index in [0.29, 0.717) is 11.6 Å². The summed E-state index contributed by atoms with van der Waals surface area (Å²) in [5, 5.41) is 0. The van der Waals surface area contributed by atoms with Crippen molar-refractivity contribution in [1.82, 2.24) is 4.57 Å². The van der Waals surface area contributed by atoms with Gasteiger partial charge in [0.2, 0.25) is 0 Å². The summed E-state index contributed by atoms with van der Waals surface area (Å²) in [6.07, 6.45) is 1.90. The highest BCUT2D eigenvalue weighted by atomic mass is 16.5. The Morgan fingerprint density at radius 3 is 2.85 bits per heavy atom.